The van der Waals surface area contributed by atoms with E-state index in [2.05, 4.69) is 37.6 Å². The van der Waals surface area contributed by atoms with Gasteiger partial charge >= 0.3 is 0 Å². The molecule has 0 amide bonds. The van der Waals surface area contributed by atoms with Gasteiger partial charge in [-0.05, 0) is 24.6 Å². The summed E-state index contributed by atoms with van der Waals surface area (Å²) in [5.74, 6) is 0. The van der Waals surface area contributed by atoms with Gasteiger partial charge in [0.2, 0.25) is 0 Å². The Balaban J connectivity index is 1.95. The summed E-state index contributed by atoms with van der Waals surface area (Å²) < 4.78 is 2.71. The molecule has 2 N–H and O–H groups in total. The number of aryl methyl sites for hydroxylation is 1. The number of rotatable bonds is 5. The second kappa shape index (κ2) is 5.97. The molecule has 1 aromatic heterocycles. The van der Waals surface area contributed by atoms with Crippen LogP contribution < -0.4 is 5.32 Å². The Bertz CT molecular complexity index is 527. The van der Waals surface area contributed by atoms with Crippen molar-refractivity contribution in [3.05, 3.63) is 40.1 Å². The van der Waals surface area contributed by atoms with Crippen LogP contribution in [0.2, 0.25) is 0 Å². The van der Waals surface area contributed by atoms with Crippen LogP contribution in [0.15, 0.2) is 28.9 Å². The van der Waals surface area contributed by atoms with Gasteiger partial charge in [0.05, 0.1) is 25.9 Å². The van der Waals surface area contributed by atoms with Crippen molar-refractivity contribution in [3.63, 3.8) is 0 Å². The van der Waals surface area contributed by atoms with E-state index in [1.165, 1.54) is 5.56 Å². The average Bonchev–Trinajstić information content (AvgIpc) is 2.79. The standard InChI is InChI=1S/C12H15BrN4O/c1-9-2-3-10(6-12(9)13)14-7-11-8-17(4-5-18)16-15-11/h2-3,6,8,14,18H,4-5,7H2,1H3. The smallest absolute Gasteiger partial charge is 0.102 e. The molecule has 0 radical (unpaired) electrons. The zero-order chi connectivity index (χ0) is 13.0. The molecule has 0 spiro atoms. The van der Waals surface area contributed by atoms with Gasteiger partial charge in [0, 0.05) is 10.2 Å². The fourth-order valence-electron chi connectivity index (χ4n) is 1.53. The molecule has 0 bridgehead atoms. The number of aliphatic hydroxyl groups is 1. The normalized spacial score (nSPS) is 10.6. The van der Waals surface area contributed by atoms with E-state index in [0.717, 1.165) is 15.9 Å². The van der Waals surface area contributed by atoms with E-state index in [1.54, 1.807) is 4.68 Å². The Hall–Kier alpha value is -1.40. The van der Waals surface area contributed by atoms with Crippen LogP contribution in [0.25, 0.3) is 0 Å². The Morgan fingerprint density at radius 2 is 2.28 bits per heavy atom. The van der Waals surface area contributed by atoms with E-state index >= 15 is 0 Å². The average molecular weight is 311 g/mol. The van der Waals surface area contributed by atoms with Crippen molar-refractivity contribution in [1.82, 2.24) is 15.0 Å². The third-order valence-electron chi connectivity index (χ3n) is 2.56. The first-order valence-electron chi connectivity index (χ1n) is 5.69. The van der Waals surface area contributed by atoms with Crippen molar-refractivity contribution in [2.75, 3.05) is 11.9 Å². The van der Waals surface area contributed by atoms with Gasteiger partial charge in [-0.15, -0.1) is 5.10 Å². The molecule has 0 aliphatic heterocycles. The lowest BCUT2D eigenvalue weighted by Gasteiger charge is -2.06. The van der Waals surface area contributed by atoms with Crippen LogP contribution >= 0.6 is 15.9 Å². The third kappa shape index (κ3) is 3.30. The molecule has 96 valence electrons. The van der Waals surface area contributed by atoms with Crippen molar-refractivity contribution >= 4 is 21.6 Å². The summed E-state index contributed by atoms with van der Waals surface area (Å²) in [5, 5.41) is 20.0. The molecule has 0 unspecified atom stereocenters. The van der Waals surface area contributed by atoms with Gasteiger partial charge < -0.3 is 10.4 Å². The Labute approximate surface area is 114 Å². The van der Waals surface area contributed by atoms with Crippen LogP contribution in [0.4, 0.5) is 5.69 Å². The molecule has 2 aromatic rings. The lowest BCUT2D eigenvalue weighted by Crippen LogP contribution is -2.02. The SMILES string of the molecule is Cc1ccc(NCc2cn(CCO)nn2)cc1Br. The summed E-state index contributed by atoms with van der Waals surface area (Å²) >= 11 is 3.50. The highest BCUT2D eigenvalue weighted by Gasteiger charge is 2.01. The number of anilines is 1. The maximum Gasteiger partial charge on any atom is 0.102 e. The van der Waals surface area contributed by atoms with Crippen LogP contribution in [-0.4, -0.2) is 26.7 Å². The van der Waals surface area contributed by atoms with Gasteiger partial charge in [-0.2, -0.15) is 0 Å². The second-order valence-electron chi connectivity index (χ2n) is 4.01. The van der Waals surface area contributed by atoms with Crippen LogP contribution in [-0.2, 0) is 13.1 Å². The first-order valence-corrected chi connectivity index (χ1v) is 6.48. The molecule has 0 saturated heterocycles. The summed E-state index contributed by atoms with van der Waals surface area (Å²) in [7, 11) is 0. The monoisotopic (exact) mass is 310 g/mol. The summed E-state index contributed by atoms with van der Waals surface area (Å²) in [5.41, 5.74) is 3.08. The van der Waals surface area contributed by atoms with E-state index in [9.17, 15) is 0 Å². The molecule has 5 nitrogen and oxygen atoms in total. The zero-order valence-corrected chi connectivity index (χ0v) is 11.7. The number of aliphatic hydroxyl groups excluding tert-OH is 1. The van der Waals surface area contributed by atoms with Crippen molar-refractivity contribution in [3.8, 4) is 0 Å². The number of hydrogen-bond acceptors (Lipinski definition) is 4. The molecule has 0 aliphatic rings. The number of nitrogens with zero attached hydrogens (tertiary/aromatic N) is 3. The van der Waals surface area contributed by atoms with Crippen LogP contribution in [0.3, 0.4) is 0 Å². The molecule has 0 atom stereocenters. The van der Waals surface area contributed by atoms with Crippen LogP contribution in [0.1, 0.15) is 11.3 Å². The Kier molecular flexibility index (Phi) is 4.33. The highest BCUT2D eigenvalue weighted by atomic mass is 79.9. The fraction of sp³-hybridized carbons (Fsp3) is 0.333. The Morgan fingerprint density at radius 1 is 1.44 bits per heavy atom. The maximum atomic E-state index is 8.78. The minimum Gasteiger partial charge on any atom is -0.394 e. The molecular weight excluding hydrogens is 296 g/mol. The number of benzene rings is 1. The van der Waals surface area contributed by atoms with E-state index in [-0.39, 0.29) is 6.61 Å². The van der Waals surface area contributed by atoms with E-state index in [4.69, 9.17) is 5.11 Å². The number of halogens is 1. The lowest BCUT2D eigenvalue weighted by atomic mass is 10.2. The highest BCUT2D eigenvalue weighted by molar-refractivity contribution is 9.10. The van der Waals surface area contributed by atoms with E-state index in [0.29, 0.717) is 13.1 Å². The minimum absolute atomic E-state index is 0.0706. The van der Waals surface area contributed by atoms with E-state index < -0.39 is 0 Å². The summed E-state index contributed by atoms with van der Waals surface area (Å²) in [6.07, 6.45) is 1.83. The number of nitrogens with one attached hydrogen (secondary N) is 1. The molecule has 1 heterocycles. The first-order chi connectivity index (χ1) is 8.69. The predicted octanol–water partition coefficient (Wildman–Crippen LogP) is 1.95. The van der Waals surface area contributed by atoms with Crippen molar-refractivity contribution < 1.29 is 5.11 Å². The first kappa shape index (κ1) is 13.0. The van der Waals surface area contributed by atoms with Gasteiger partial charge in [0.15, 0.2) is 0 Å². The predicted molar refractivity (Wildman–Crippen MR) is 73.3 cm³/mol. The highest BCUT2D eigenvalue weighted by Crippen LogP contribution is 2.20. The third-order valence-corrected chi connectivity index (χ3v) is 3.41. The summed E-state index contributed by atoms with van der Waals surface area (Å²) in [6.45, 7) is 3.21. The lowest BCUT2D eigenvalue weighted by molar-refractivity contribution is 0.268. The van der Waals surface area contributed by atoms with Crippen molar-refractivity contribution in [2.24, 2.45) is 0 Å². The number of hydrogen-bond donors (Lipinski definition) is 2. The van der Waals surface area contributed by atoms with Crippen molar-refractivity contribution in [1.29, 1.82) is 0 Å². The number of aromatic nitrogens is 3. The maximum absolute atomic E-state index is 8.78. The zero-order valence-electron chi connectivity index (χ0n) is 10.1. The fourth-order valence-corrected chi connectivity index (χ4v) is 1.91. The molecule has 6 heteroatoms. The van der Waals surface area contributed by atoms with Gasteiger partial charge in [-0.1, -0.05) is 27.2 Å². The molecule has 18 heavy (non-hydrogen) atoms. The molecule has 1 aromatic carbocycles. The van der Waals surface area contributed by atoms with Crippen molar-refractivity contribution in [2.45, 2.75) is 20.0 Å². The molecule has 0 fully saturated rings. The van der Waals surface area contributed by atoms with Gasteiger partial charge in [0.1, 0.15) is 5.69 Å². The topological polar surface area (TPSA) is 63.0 Å². The van der Waals surface area contributed by atoms with Gasteiger partial charge in [-0.3, -0.25) is 0 Å². The van der Waals surface area contributed by atoms with Gasteiger partial charge in [0.25, 0.3) is 0 Å². The van der Waals surface area contributed by atoms with E-state index in [1.807, 2.05) is 25.3 Å². The summed E-state index contributed by atoms with van der Waals surface area (Å²) in [6, 6.07) is 6.11. The molecule has 0 aliphatic carbocycles. The van der Waals surface area contributed by atoms with Crippen LogP contribution in [0.5, 0.6) is 0 Å². The quantitative estimate of drug-likeness (QED) is 0.886. The molecule has 2 rings (SSSR count). The van der Waals surface area contributed by atoms with Crippen LogP contribution in [0, 0.1) is 6.92 Å². The largest absolute Gasteiger partial charge is 0.394 e. The molecular formula is C12H15BrN4O. The second-order valence-corrected chi connectivity index (χ2v) is 4.87. The van der Waals surface area contributed by atoms with Gasteiger partial charge in [-0.25, -0.2) is 4.68 Å². The minimum atomic E-state index is 0.0706. The Morgan fingerprint density at radius 3 is 3.00 bits per heavy atom. The summed E-state index contributed by atoms with van der Waals surface area (Å²) in [4.78, 5) is 0. The molecule has 0 saturated carbocycles.